The van der Waals surface area contributed by atoms with E-state index < -0.39 is 0 Å². The number of anilines is 1. The third-order valence-corrected chi connectivity index (χ3v) is 2.74. The van der Waals surface area contributed by atoms with Gasteiger partial charge in [0.15, 0.2) is 5.82 Å². The molecule has 0 radical (unpaired) electrons. The number of benzene rings is 1. The topological polar surface area (TPSA) is 51.0 Å². The second-order valence-corrected chi connectivity index (χ2v) is 6.14. The molecule has 0 atom stereocenters. The lowest BCUT2D eigenvalue weighted by Crippen LogP contribution is -2.10. The maximum absolute atomic E-state index is 5.83. The second kappa shape index (κ2) is 5.61. The Kier molecular flexibility index (Phi) is 4.10. The molecule has 0 aliphatic rings. The summed E-state index contributed by atoms with van der Waals surface area (Å²) in [4.78, 5) is 4.36. The summed E-state index contributed by atoms with van der Waals surface area (Å²) >= 11 is 5.83. The lowest BCUT2D eigenvalue weighted by molar-refractivity contribution is 0.357. The summed E-state index contributed by atoms with van der Waals surface area (Å²) in [7, 11) is 0. The number of halogens is 1. The van der Waals surface area contributed by atoms with Crippen LogP contribution in [0, 0.1) is 5.41 Å². The van der Waals surface area contributed by atoms with Crippen LogP contribution in [-0.4, -0.2) is 10.1 Å². The first-order valence-corrected chi connectivity index (χ1v) is 6.61. The van der Waals surface area contributed by atoms with E-state index in [4.69, 9.17) is 16.1 Å². The number of aromatic nitrogens is 2. The van der Waals surface area contributed by atoms with Gasteiger partial charge in [-0.3, -0.25) is 0 Å². The Morgan fingerprint density at radius 1 is 1.21 bits per heavy atom. The van der Waals surface area contributed by atoms with Crippen LogP contribution in [0.15, 0.2) is 28.8 Å². The van der Waals surface area contributed by atoms with Gasteiger partial charge in [-0.15, -0.1) is 0 Å². The van der Waals surface area contributed by atoms with Gasteiger partial charge < -0.3 is 9.84 Å². The Bertz CT molecular complexity index is 528. The minimum Gasteiger partial charge on any atom is -0.376 e. The first kappa shape index (κ1) is 13.9. The molecule has 2 aromatic rings. The highest BCUT2D eigenvalue weighted by Crippen LogP contribution is 2.19. The Morgan fingerprint density at radius 2 is 1.89 bits per heavy atom. The second-order valence-electron chi connectivity index (χ2n) is 5.70. The lowest BCUT2D eigenvalue weighted by Gasteiger charge is -2.14. The molecule has 1 aromatic heterocycles. The Hall–Kier alpha value is -1.55. The molecule has 0 fully saturated rings. The predicted octanol–water partition coefficient (Wildman–Crippen LogP) is 3.92. The molecule has 19 heavy (non-hydrogen) atoms. The van der Waals surface area contributed by atoms with Gasteiger partial charge in [0, 0.05) is 17.1 Å². The van der Waals surface area contributed by atoms with Gasteiger partial charge in [-0.1, -0.05) is 37.5 Å². The highest BCUT2D eigenvalue weighted by atomic mass is 35.5. The Morgan fingerprint density at radius 3 is 2.53 bits per heavy atom. The summed E-state index contributed by atoms with van der Waals surface area (Å²) in [6.45, 7) is 6.96. The van der Waals surface area contributed by atoms with E-state index >= 15 is 0 Å². The molecule has 0 aliphatic heterocycles. The van der Waals surface area contributed by atoms with Crippen molar-refractivity contribution < 1.29 is 4.52 Å². The predicted molar refractivity (Wildman–Crippen MR) is 76.2 cm³/mol. The van der Waals surface area contributed by atoms with E-state index in [0.29, 0.717) is 12.4 Å². The van der Waals surface area contributed by atoms with Gasteiger partial charge in [-0.05, 0) is 29.7 Å². The number of hydrogen-bond acceptors (Lipinski definition) is 4. The first-order chi connectivity index (χ1) is 8.92. The molecule has 0 saturated heterocycles. The SMILES string of the molecule is CC(C)(C)Cc1noc(CNc2ccc(Cl)cc2)n1. The van der Waals surface area contributed by atoms with Gasteiger partial charge in [0.1, 0.15) is 0 Å². The van der Waals surface area contributed by atoms with Crippen LogP contribution in [0.2, 0.25) is 5.02 Å². The van der Waals surface area contributed by atoms with E-state index in [1.807, 2.05) is 24.3 Å². The summed E-state index contributed by atoms with van der Waals surface area (Å²) in [5.41, 5.74) is 1.13. The number of hydrogen-bond donors (Lipinski definition) is 1. The van der Waals surface area contributed by atoms with Crippen LogP contribution in [0.3, 0.4) is 0 Å². The molecule has 4 nitrogen and oxygen atoms in total. The molecule has 102 valence electrons. The smallest absolute Gasteiger partial charge is 0.245 e. The molecule has 0 amide bonds. The van der Waals surface area contributed by atoms with Crippen molar-refractivity contribution in [3.05, 3.63) is 41.0 Å². The van der Waals surface area contributed by atoms with Crippen LogP contribution >= 0.6 is 11.6 Å². The summed E-state index contributed by atoms with van der Waals surface area (Å²) in [6, 6.07) is 7.50. The summed E-state index contributed by atoms with van der Waals surface area (Å²) in [5, 5.41) is 7.91. The Labute approximate surface area is 118 Å². The van der Waals surface area contributed by atoms with Gasteiger partial charge in [-0.25, -0.2) is 0 Å². The van der Waals surface area contributed by atoms with Crippen LogP contribution in [0.1, 0.15) is 32.5 Å². The van der Waals surface area contributed by atoms with Crippen molar-refractivity contribution in [3.63, 3.8) is 0 Å². The van der Waals surface area contributed by atoms with Gasteiger partial charge in [0.05, 0.1) is 6.54 Å². The van der Waals surface area contributed by atoms with E-state index in [0.717, 1.165) is 23.0 Å². The zero-order chi connectivity index (χ0) is 13.9. The molecular formula is C14H18ClN3O. The minimum atomic E-state index is 0.157. The minimum absolute atomic E-state index is 0.157. The third-order valence-electron chi connectivity index (χ3n) is 2.49. The van der Waals surface area contributed by atoms with E-state index in [1.54, 1.807) is 0 Å². The first-order valence-electron chi connectivity index (χ1n) is 6.23. The molecule has 0 unspecified atom stereocenters. The molecule has 0 aliphatic carbocycles. The molecule has 0 spiro atoms. The van der Waals surface area contributed by atoms with Crippen molar-refractivity contribution in [2.24, 2.45) is 5.41 Å². The highest BCUT2D eigenvalue weighted by molar-refractivity contribution is 6.30. The van der Waals surface area contributed by atoms with E-state index in [-0.39, 0.29) is 5.41 Å². The number of nitrogens with one attached hydrogen (secondary N) is 1. The van der Waals surface area contributed by atoms with Crippen molar-refractivity contribution in [2.75, 3.05) is 5.32 Å². The molecule has 1 heterocycles. The van der Waals surface area contributed by atoms with Gasteiger partial charge in [0.2, 0.25) is 5.89 Å². The van der Waals surface area contributed by atoms with Gasteiger partial charge in [-0.2, -0.15) is 4.98 Å². The zero-order valence-electron chi connectivity index (χ0n) is 11.4. The molecule has 2 rings (SSSR count). The standard InChI is InChI=1S/C14H18ClN3O/c1-14(2,3)8-12-17-13(19-18-12)9-16-11-6-4-10(15)5-7-11/h4-7,16H,8-9H2,1-3H3. The van der Waals surface area contributed by atoms with Gasteiger partial charge in [0.25, 0.3) is 0 Å². The molecule has 5 heteroatoms. The molecule has 0 bridgehead atoms. The zero-order valence-corrected chi connectivity index (χ0v) is 12.2. The average Bonchev–Trinajstić information content (AvgIpc) is 2.73. The van der Waals surface area contributed by atoms with Crippen LogP contribution in [-0.2, 0) is 13.0 Å². The fourth-order valence-electron chi connectivity index (χ4n) is 1.65. The van der Waals surface area contributed by atoms with Gasteiger partial charge >= 0.3 is 0 Å². The summed E-state index contributed by atoms with van der Waals surface area (Å²) in [6.07, 6.45) is 0.803. The fraction of sp³-hybridized carbons (Fsp3) is 0.429. The van der Waals surface area contributed by atoms with Crippen molar-refractivity contribution in [3.8, 4) is 0 Å². The third kappa shape index (κ3) is 4.56. The average molecular weight is 280 g/mol. The molecule has 1 N–H and O–H groups in total. The van der Waals surface area contributed by atoms with E-state index in [9.17, 15) is 0 Å². The maximum Gasteiger partial charge on any atom is 0.245 e. The quantitative estimate of drug-likeness (QED) is 0.921. The van der Waals surface area contributed by atoms with E-state index in [1.165, 1.54) is 0 Å². The number of nitrogens with zero attached hydrogens (tertiary/aromatic N) is 2. The number of rotatable bonds is 4. The molecule has 1 aromatic carbocycles. The van der Waals surface area contributed by atoms with Crippen molar-refractivity contribution in [1.29, 1.82) is 0 Å². The molecular weight excluding hydrogens is 262 g/mol. The normalized spacial score (nSPS) is 11.6. The largest absolute Gasteiger partial charge is 0.376 e. The monoisotopic (exact) mass is 279 g/mol. The summed E-state index contributed by atoms with van der Waals surface area (Å²) in [5.74, 6) is 1.34. The van der Waals surface area contributed by atoms with Crippen molar-refractivity contribution in [2.45, 2.75) is 33.7 Å². The molecule has 0 saturated carbocycles. The van der Waals surface area contributed by atoms with Crippen LogP contribution in [0.5, 0.6) is 0 Å². The van der Waals surface area contributed by atoms with Crippen molar-refractivity contribution in [1.82, 2.24) is 10.1 Å². The maximum atomic E-state index is 5.83. The highest BCUT2D eigenvalue weighted by Gasteiger charge is 2.16. The van der Waals surface area contributed by atoms with Crippen LogP contribution in [0.25, 0.3) is 0 Å². The summed E-state index contributed by atoms with van der Waals surface area (Å²) < 4.78 is 5.21. The lowest BCUT2D eigenvalue weighted by atomic mass is 9.92. The van der Waals surface area contributed by atoms with Crippen molar-refractivity contribution >= 4 is 17.3 Å². The fourth-order valence-corrected chi connectivity index (χ4v) is 1.78. The van der Waals surface area contributed by atoms with Crippen LogP contribution < -0.4 is 5.32 Å². The van der Waals surface area contributed by atoms with E-state index in [2.05, 4.69) is 36.2 Å². The Balaban J connectivity index is 1.91. The van der Waals surface area contributed by atoms with Crippen LogP contribution in [0.4, 0.5) is 5.69 Å².